The van der Waals surface area contributed by atoms with Crippen molar-refractivity contribution in [2.24, 2.45) is 0 Å². The molecule has 0 heterocycles. The molecule has 0 aromatic rings. The molecule has 0 rings (SSSR count). The number of carbonyl (C=O) groups is 1. The fourth-order valence-electron chi connectivity index (χ4n) is 1.84. The van der Waals surface area contributed by atoms with Gasteiger partial charge in [-0.2, -0.15) is 0 Å². The molecule has 0 aliphatic rings. The van der Waals surface area contributed by atoms with Crippen molar-refractivity contribution in [3.05, 3.63) is 12.2 Å². The zero-order valence-electron chi connectivity index (χ0n) is 13.3. The van der Waals surface area contributed by atoms with E-state index in [0.717, 1.165) is 25.7 Å². The number of carbonyl (C=O) groups excluding carboxylic acids is 1. The first-order valence-corrected chi connectivity index (χ1v) is 7.66. The lowest BCUT2D eigenvalue weighted by Gasteiger charge is -2.28. The Morgan fingerprint density at radius 1 is 1.00 bits per heavy atom. The molecule has 0 fully saturated rings. The Bertz CT molecular complexity index is 359. The average molecular weight is 336 g/mol. The molecule has 8 heteroatoms. The molecule has 6 N–H and O–H groups in total. The second-order valence-electron chi connectivity index (χ2n) is 5.43. The summed E-state index contributed by atoms with van der Waals surface area (Å²) in [6.45, 7) is 4.73. The highest BCUT2D eigenvalue weighted by Crippen LogP contribution is 2.14. The quantitative estimate of drug-likeness (QED) is 0.113. The second-order valence-corrected chi connectivity index (χ2v) is 5.43. The topological polar surface area (TPSA) is 148 Å². The van der Waals surface area contributed by atoms with Gasteiger partial charge in [0.25, 0.3) is 0 Å². The van der Waals surface area contributed by atoms with Gasteiger partial charge in [0.2, 0.25) is 6.29 Å². The predicted octanol–water partition coefficient (Wildman–Crippen LogP) is -1.19. The van der Waals surface area contributed by atoms with E-state index in [2.05, 4.69) is 11.3 Å². The molecule has 0 amide bonds. The summed E-state index contributed by atoms with van der Waals surface area (Å²) in [5.74, 6) is -0.919. The highest BCUT2D eigenvalue weighted by atomic mass is 16.6. The van der Waals surface area contributed by atoms with E-state index in [0.29, 0.717) is 6.42 Å². The van der Waals surface area contributed by atoms with Gasteiger partial charge >= 0.3 is 5.97 Å². The maximum Gasteiger partial charge on any atom is 0.335 e. The molecule has 0 aromatic carbocycles. The minimum Gasteiger partial charge on any atom is -0.430 e. The summed E-state index contributed by atoms with van der Waals surface area (Å²) >= 11 is 0. The number of hydrogen-bond acceptors (Lipinski definition) is 8. The minimum absolute atomic E-state index is 0.123. The van der Waals surface area contributed by atoms with Crippen LogP contribution in [0.1, 0.15) is 39.0 Å². The third-order valence-electron chi connectivity index (χ3n) is 3.42. The fraction of sp³-hybridized carbons (Fsp3) is 0.800. The monoisotopic (exact) mass is 336 g/mol. The largest absolute Gasteiger partial charge is 0.430 e. The van der Waals surface area contributed by atoms with Crippen molar-refractivity contribution in [3.8, 4) is 0 Å². The Balaban J connectivity index is 4.36. The molecule has 0 bridgehead atoms. The Morgan fingerprint density at radius 2 is 1.61 bits per heavy atom. The lowest BCUT2D eigenvalue weighted by molar-refractivity contribution is -0.211. The SMILES string of the molecule is C=C(CCCCCC)C(=O)OC(O)[C@H](O)[C@@H](O)[C@H](O)[C@H](O)CO. The van der Waals surface area contributed by atoms with E-state index < -0.39 is 43.3 Å². The summed E-state index contributed by atoms with van der Waals surface area (Å²) in [5.41, 5.74) is 0.123. The van der Waals surface area contributed by atoms with Crippen molar-refractivity contribution in [1.29, 1.82) is 0 Å². The van der Waals surface area contributed by atoms with E-state index in [9.17, 15) is 25.2 Å². The van der Waals surface area contributed by atoms with E-state index in [4.69, 9.17) is 10.2 Å². The molecule has 0 spiro atoms. The first-order valence-electron chi connectivity index (χ1n) is 7.66. The van der Waals surface area contributed by atoms with Gasteiger partial charge in [-0.25, -0.2) is 4.79 Å². The molecule has 0 saturated heterocycles. The number of hydrogen-bond donors (Lipinski definition) is 6. The first-order chi connectivity index (χ1) is 10.8. The van der Waals surface area contributed by atoms with Crippen LogP contribution in [0.25, 0.3) is 0 Å². The molecular weight excluding hydrogens is 308 g/mol. The smallest absolute Gasteiger partial charge is 0.335 e. The maximum atomic E-state index is 11.7. The van der Waals surface area contributed by atoms with Crippen LogP contribution < -0.4 is 0 Å². The van der Waals surface area contributed by atoms with Crippen LogP contribution in [0.5, 0.6) is 0 Å². The van der Waals surface area contributed by atoms with Gasteiger partial charge in [0.05, 0.1) is 6.61 Å². The lowest BCUT2D eigenvalue weighted by atomic mass is 10.0. The van der Waals surface area contributed by atoms with Crippen LogP contribution in [0, 0.1) is 0 Å². The van der Waals surface area contributed by atoms with Crippen molar-refractivity contribution in [1.82, 2.24) is 0 Å². The summed E-state index contributed by atoms with van der Waals surface area (Å²) < 4.78 is 4.57. The number of ether oxygens (including phenoxy) is 1. The van der Waals surface area contributed by atoms with Gasteiger partial charge < -0.3 is 35.4 Å². The molecule has 23 heavy (non-hydrogen) atoms. The Kier molecular flexibility index (Phi) is 11.0. The zero-order chi connectivity index (χ0) is 18.0. The van der Waals surface area contributed by atoms with Crippen LogP contribution in [0.15, 0.2) is 12.2 Å². The normalized spacial score (nSPS) is 17.9. The molecule has 0 saturated carbocycles. The predicted molar refractivity (Wildman–Crippen MR) is 81.1 cm³/mol. The highest BCUT2D eigenvalue weighted by Gasteiger charge is 2.36. The standard InChI is InChI=1S/C15H28O8/c1-3-4-5-6-7-9(2)14(21)23-15(22)13(20)12(19)11(18)10(17)8-16/h10-13,15-20,22H,2-8H2,1H3/t10-,11-,12+,13-,15?/m1/s1. The van der Waals surface area contributed by atoms with Crippen molar-refractivity contribution in [3.63, 3.8) is 0 Å². The van der Waals surface area contributed by atoms with Crippen LogP contribution >= 0.6 is 0 Å². The van der Waals surface area contributed by atoms with Crippen LogP contribution in [0.2, 0.25) is 0 Å². The Hall–Kier alpha value is -1.03. The van der Waals surface area contributed by atoms with E-state index in [1.165, 1.54) is 0 Å². The van der Waals surface area contributed by atoms with E-state index in [1.54, 1.807) is 0 Å². The Morgan fingerprint density at radius 3 is 2.13 bits per heavy atom. The average Bonchev–Trinajstić information content (AvgIpc) is 2.55. The van der Waals surface area contributed by atoms with Gasteiger partial charge in [0, 0.05) is 5.57 Å². The molecule has 5 atom stereocenters. The van der Waals surface area contributed by atoms with E-state index in [-0.39, 0.29) is 5.57 Å². The highest BCUT2D eigenvalue weighted by molar-refractivity contribution is 5.87. The third kappa shape index (κ3) is 7.87. The number of aliphatic hydroxyl groups is 6. The number of aliphatic hydroxyl groups excluding tert-OH is 6. The van der Waals surface area contributed by atoms with Crippen molar-refractivity contribution >= 4 is 5.97 Å². The lowest BCUT2D eigenvalue weighted by Crippen LogP contribution is -2.51. The minimum atomic E-state index is -2.11. The molecule has 1 unspecified atom stereocenters. The summed E-state index contributed by atoms with van der Waals surface area (Å²) in [6.07, 6.45) is -5.68. The molecular formula is C15H28O8. The molecule has 0 aromatic heterocycles. The molecule has 0 aliphatic carbocycles. The van der Waals surface area contributed by atoms with Gasteiger partial charge in [0.15, 0.2) is 0 Å². The van der Waals surface area contributed by atoms with Gasteiger partial charge in [-0.3, -0.25) is 0 Å². The number of esters is 1. The zero-order valence-corrected chi connectivity index (χ0v) is 13.3. The fourth-order valence-corrected chi connectivity index (χ4v) is 1.84. The van der Waals surface area contributed by atoms with E-state index in [1.807, 2.05) is 6.92 Å². The van der Waals surface area contributed by atoms with Crippen molar-refractivity contribution < 1.29 is 40.2 Å². The number of unbranched alkanes of at least 4 members (excludes halogenated alkanes) is 3. The van der Waals surface area contributed by atoms with Gasteiger partial charge in [-0.15, -0.1) is 0 Å². The van der Waals surface area contributed by atoms with Crippen LogP contribution in [0.4, 0.5) is 0 Å². The third-order valence-corrected chi connectivity index (χ3v) is 3.42. The van der Waals surface area contributed by atoms with E-state index >= 15 is 0 Å². The van der Waals surface area contributed by atoms with Gasteiger partial charge in [0.1, 0.15) is 24.4 Å². The maximum absolute atomic E-state index is 11.7. The molecule has 8 nitrogen and oxygen atoms in total. The van der Waals surface area contributed by atoms with Gasteiger partial charge in [-0.05, 0) is 12.8 Å². The summed E-state index contributed by atoms with van der Waals surface area (Å²) in [4.78, 5) is 11.7. The Labute approximate surface area is 135 Å². The number of rotatable bonds is 12. The molecule has 0 radical (unpaired) electrons. The van der Waals surface area contributed by atoms with Crippen LogP contribution in [-0.2, 0) is 9.53 Å². The van der Waals surface area contributed by atoms with Crippen LogP contribution in [-0.4, -0.2) is 73.9 Å². The first kappa shape index (κ1) is 22.0. The van der Waals surface area contributed by atoms with Gasteiger partial charge in [-0.1, -0.05) is 32.8 Å². The van der Waals surface area contributed by atoms with Crippen LogP contribution in [0.3, 0.4) is 0 Å². The summed E-state index contributed by atoms with van der Waals surface area (Å²) in [7, 11) is 0. The summed E-state index contributed by atoms with van der Waals surface area (Å²) in [6, 6.07) is 0. The second kappa shape index (κ2) is 11.5. The van der Waals surface area contributed by atoms with Crippen molar-refractivity contribution in [2.75, 3.05) is 6.61 Å². The molecule has 0 aliphatic heterocycles. The summed E-state index contributed by atoms with van der Waals surface area (Å²) in [5, 5.41) is 56.0. The van der Waals surface area contributed by atoms with Crippen molar-refractivity contribution in [2.45, 2.75) is 69.7 Å². The molecule has 136 valence electrons.